The van der Waals surface area contributed by atoms with Gasteiger partial charge in [-0.25, -0.2) is 0 Å². The van der Waals surface area contributed by atoms with Crippen LogP contribution in [0, 0.1) is 17.8 Å². The molecule has 0 radical (unpaired) electrons. The summed E-state index contributed by atoms with van der Waals surface area (Å²) in [6.45, 7) is 9.37. The molecule has 1 aromatic rings. The molecule has 0 spiro atoms. The molecule has 3 amide bonds. The first-order valence-corrected chi connectivity index (χ1v) is 12.1. The first kappa shape index (κ1) is 27.7. The molecule has 178 valence electrons. The largest absolute Gasteiger partial charge is 0.368 e. The maximum absolute atomic E-state index is 13.1. The fourth-order valence-corrected chi connectivity index (χ4v) is 4.10. The monoisotopic (exact) mass is 463 g/mol. The van der Waals surface area contributed by atoms with Crippen LogP contribution in [0.5, 0.6) is 0 Å². The second-order valence-electron chi connectivity index (χ2n) is 8.97. The number of thioether (sulfide) groups is 1. The zero-order valence-electron chi connectivity index (χ0n) is 19.7. The summed E-state index contributed by atoms with van der Waals surface area (Å²) >= 11 is 1.11. The Hall–Kier alpha value is -2.35. The quantitative estimate of drug-likeness (QED) is 0.416. The third kappa shape index (κ3) is 10.8. The van der Waals surface area contributed by atoms with Gasteiger partial charge in [-0.2, -0.15) is 0 Å². The number of nitrogens with one attached hydrogen (secondary N) is 2. The van der Waals surface area contributed by atoms with Crippen molar-refractivity contribution >= 4 is 34.6 Å². The van der Waals surface area contributed by atoms with Gasteiger partial charge in [-0.15, -0.1) is 0 Å². The molecule has 0 aliphatic heterocycles. The fraction of sp³-hybridized carbons (Fsp3) is 0.583. The van der Waals surface area contributed by atoms with E-state index in [4.69, 9.17) is 5.73 Å². The molecule has 32 heavy (non-hydrogen) atoms. The topological polar surface area (TPSA) is 118 Å². The molecule has 0 saturated heterocycles. The summed E-state index contributed by atoms with van der Waals surface area (Å²) < 4.78 is 0. The van der Waals surface area contributed by atoms with Gasteiger partial charge in [0, 0.05) is 25.0 Å². The molecular formula is C24H37N3O4S. The minimum atomic E-state index is -0.865. The van der Waals surface area contributed by atoms with Crippen molar-refractivity contribution < 1.29 is 19.2 Å². The Morgan fingerprint density at radius 1 is 0.875 bits per heavy atom. The van der Waals surface area contributed by atoms with Crippen LogP contribution in [0.2, 0.25) is 0 Å². The third-order valence-electron chi connectivity index (χ3n) is 4.90. The number of rotatable bonds is 13. The van der Waals surface area contributed by atoms with Crippen molar-refractivity contribution in [3.05, 3.63) is 35.9 Å². The highest BCUT2D eigenvalue weighted by molar-refractivity contribution is 8.13. The smallest absolute Gasteiger partial charge is 0.243 e. The number of hydrogen-bond donors (Lipinski definition) is 3. The van der Waals surface area contributed by atoms with Crippen molar-refractivity contribution in [3.8, 4) is 0 Å². The second-order valence-corrected chi connectivity index (χ2v) is 10.2. The Balaban J connectivity index is 3.05. The third-order valence-corrected chi connectivity index (χ3v) is 5.87. The molecule has 3 atom stereocenters. The van der Waals surface area contributed by atoms with E-state index in [9.17, 15) is 19.2 Å². The van der Waals surface area contributed by atoms with E-state index in [1.807, 2.05) is 58.0 Å². The summed E-state index contributed by atoms with van der Waals surface area (Å²) in [5.41, 5.74) is 6.36. The lowest BCUT2D eigenvalue weighted by atomic mass is 9.96. The Kier molecular flexibility index (Phi) is 12.1. The van der Waals surface area contributed by atoms with Gasteiger partial charge in [-0.05, 0) is 30.2 Å². The van der Waals surface area contributed by atoms with Crippen LogP contribution in [0.3, 0.4) is 0 Å². The molecule has 1 aromatic carbocycles. The van der Waals surface area contributed by atoms with E-state index >= 15 is 0 Å². The minimum absolute atomic E-state index is 0.0527. The van der Waals surface area contributed by atoms with Gasteiger partial charge in [0.2, 0.25) is 17.7 Å². The van der Waals surface area contributed by atoms with E-state index < -0.39 is 29.8 Å². The van der Waals surface area contributed by atoms with Crippen LogP contribution >= 0.6 is 11.8 Å². The zero-order valence-corrected chi connectivity index (χ0v) is 20.5. The molecule has 0 aliphatic carbocycles. The van der Waals surface area contributed by atoms with Gasteiger partial charge in [-0.1, -0.05) is 69.8 Å². The van der Waals surface area contributed by atoms with Gasteiger partial charge in [0.15, 0.2) is 5.12 Å². The summed E-state index contributed by atoms with van der Waals surface area (Å²) in [4.78, 5) is 49.4. The number of nitrogens with two attached hydrogens (primary N) is 1. The van der Waals surface area contributed by atoms with Crippen molar-refractivity contribution in [2.24, 2.45) is 23.5 Å². The van der Waals surface area contributed by atoms with Crippen LogP contribution in [0.15, 0.2) is 30.3 Å². The van der Waals surface area contributed by atoms with Crippen LogP contribution in [-0.2, 0) is 25.6 Å². The highest BCUT2D eigenvalue weighted by Crippen LogP contribution is 2.19. The van der Waals surface area contributed by atoms with Gasteiger partial charge < -0.3 is 16.4 Å². The lowest BCUT2D eigenvalue weighted by Crippen LogP contribution is -2.55. The lowest BCUT2D eigenvalue weighted by Gasteiger charge is -2.25. The van der Waals surface area contributed by atoms with Gasteiger partial charge in [0.1, 0.15) is 12.1 Å². The standard InChI is InChI=1S/C24H37N3O4S/c1-15(2)11-19(14-32-17(5)28)23(30)27-21(13-18-9-7-6-8-10-18)24(31)26-20(22(25)29)12-16(3)4/h6-10,15-16,19-21H,11-14H2,1-5H3,(H2,25,29)(H,26,31)(H,27,30)/t19-,20-,21-/m0/s1. The van der Waals surface area contributed by atoms with E-state index in [0.717, 1.165) is 17.3 Å². The van der Waals surface area contributed by atoms with Crippen LogP contribution in [0.1, 0.15) is 53.0 Å². The lowest BCUT2D eigenvalue weighted by molar-refractivity contribution is -0.132. The Bertz CT molecular complexity index is 768. The molecular weight excluding hydrogens is 426 g/mol. The van der Waals surface area contributed by atoms with Crippen LogP contribution in [0.4, 0.5) is 0 Å². The molecule has 0 heterocycles. The minimum Gasteiger partial charge on any atom is -0.368 e. The maximum Gasteiger partial charge on any atom is 0.243 e. The molecule has 4 N–H and O–H groups in total. The van der Waals surface area contributed by atoms with E-state index in [1.54, 1.807) is 0 Å². The summed E-state index contributed by atoms with van der Waals surface area (Å²) in [6, 6.07) is 7.69. The molecule has 7 nitrogen and oxygen atoms in total. The Morgan fingerprint density at radius 3 is 1.94 bits per heavy atom. The Morgan fingerprint density at radius 2 is 1.44 bits per heavy atom. The normalized spacial score (nSPS) is 14.0. The zero-order chi connectivity index (χ0) is 24.3. The van der Waals surface area contributed by atoms with Crippen molar-refractivity contribution in [2.45, 2.75) is 66.0 Å². The van der Waals surface area contributed by atoms with Gasteiger partial charge >= 0.3 is 0 Å². The van der Waals surface area contributed by atoms with E-state index in [0.29, 0.717) is 18.6 Å². The van der Waals surface area contributed by atoms with Gasteiger partial charge in [0.05, 0.1) is 0 Å². The van der Waals surface area contributed by atoms with Crippen molar-refractivity contribution in [1.82, 2.24) is 10.6 Å². The molecule has 8 heteroatoms. The number of primary amides is 1. The average Bonchev–Trinajstić information content (AvgIpc) is 2.69. The highest BCUT2D eigenvalue weighted by atomic mass is 32.2. The van der Waals surface area contributed by atoms with Crippen LogP contribution < -0.4 is 16.4 Å². The summed E-state index contributed by atoms with van der Waals surface area (Å²) in [5, 5.41) is 5.53. The van der Waals surface area contributed by atoms with Crippen LogP contribution in [0.25, 0.3) is 0 Å². The summed E-state index contributed by atoms with van der Waals surface area (Å²) in [6.07, 6.45) is 1.29. The SMILES string of the molecule is CC(=O)SC[C@H](CC(C)C)C(=O)N[C@@H](Cc1ccccc1)C(=O)N[C@@H](CC(C)C)C(N)=O. The second kappa shape index (κ2) is 13.9. The van der Waals surface area contributed by atoms with E-state index in [2.05, 4.69) is 10.6 Å². The van der Waals surface area contributed by atoms with Gasteiger partial charge in [-0.3, -0.25) is 19.2 Å². The fourth-order valence-electron chi connectivity index (χ4n) is 3.38. The average molecular weight is 464 g/mol. The molecule has 0 aromatic heterocycles. The Labute approximate surface area is 195 Å². The molecule has 0 fully saturated rings. The predicted molar refractivity (Wildman–Crippen MR) is 129 cm³/mol. The number of hydrogen-bond acceptors (Lipinski definition) is 5. The van der Waals surface area contributed by atoms with Crippen molar-refractivity contribution in [1.29, 1.82) is 0 Å². The van der Waals surface area contributed by atoms with Crippen molar-refractivity contribution in [2.75, 3.05) is 5.75 Å². The number of amides is 3. The first-order chi connectivity index (χ1) is 15.0. The molecule has 0 aliphatic rings. The maximum atomic E-state index is 13.1. The van der Waals surface area contributed by atoms with Crippen molar-refractivity contribution in [3.63, 3.8) is 0 Å². The van der Waals surface area contributed by atoms with E-state index in [-0.39, 0.29) is 29.3 Å². The number of carbonyl (C=O) groups is 4. The van der Waals surface area contributed by atoms with Gasteiger partial charge in [0.25, 0.3) is 0 Å². The number of benzene rings is 1. The van der Waals surface area contributed by atoms with E-state index in [1.165, 1.54) is 6.92 Å². The van der Waals surface area contributed by atoms with Crippen LogP contribution in [-0.4, -0.2) is 40.7 Å². The highest BCUT2D eigenvalue weighted by Gasteiger charge is 2.29. The molecule has 0 unspecified atom stereocenters. The summed E-state index contributed by atoms with van der Waals surface area (Å²) in [5.74, 6) is -0.961. The predicted octanol–water partition coefficient (Wildman–Crippen LogP) is 2.67. The molecule has 0 bridgehead atoms. The number of carbonyl (C=O) groups excluding carboxylic acids is 4. The molecule has 0 saturated carbocycles. The summed E-state index contributed by atoms with van der Waals surface area (Å²) in [7, 11) is 0. The molecule has 1 rings (SSSR count). The first-order valence-electron chi connectivity index (χ1n) is 11.1.